The van der Waals surface area contributed by atoms with Crippen molar-refractivity contribution in [1.29, 1.82) is 0 Å². The first-order valence-corrected chi connectivity index (χ1v) is 11.4. The molecule has 1 saturated heterocycles. The first-order chi connectivity index (χ1) is 13.9. The number of hydrogen-bond acceptors (Lipinski definition) is 5. The van der Waals surface area contributed by atoms with Crippen molar-refractivity contribution in [1.82, 2.24) is 4.31 Å². The Kier molecular flexibility index (Phi) is 7.16. The highest BCUT2D eigenvalue weighted by molar-refractivity contribution is 7.89. The van der Waals surface area contributed by atoms with Crippen LogP contribution in [0.4, 0.5) is 5.69 Å². The van der Waals surface area contributed by atoms with Crippen molar-refractivity contribution in [2.75, 3.05) is 32.1 Å². The summed E-state index contributed by atoms with van der Waals surface area (Å²) in [6.45, 7) is 1.21. The van der Waals surface area contributed by atoms with Crippen LogP contribution in [-0.4, -0.2) is 45.3 Å². The summed E-state index contributed by atoms with van der Waals surface area (Å²) in [5.41, 5.74) is 1.15. The maximum absolute atomic E-state index is 12.8. The first-order valence-electron chi connectivity index (χ1n) is 9.62. The number of ether oxygens (including phenoxy) is 1. The fraction of sp³-hybridized carbons (Fsp3) is 0.381. The Morgan fingerprint density at radius 1 is 1.07 bits per heavy atom. The molecule has 1 aliphatic heterocycles. The average Bonchev–Trinajstić information content (AvgIpc) is 3.02. The fourth-order valence-corrected chi connectivity index (χ4v) is 5.07. The van der Waals surface area contributed by atoms with Crippen LogP contribution < -0.4 is 10.1 Å². The zero-order valence-electron chi connectivity index (χ0n) is 16.4. The number of methoxy groups -OCH3 is 1. The number of hydrogen-bond donors (Lipinski definition) is 1. The minimum absolute atomic E-state index is 0.0703. The Bertz CT molecular complexity index is 953. The van der Waals surface area contributed by atoms with Crippen molar-refractivity contribution in [3.8, 4) is 5.75 Å². The highest BCUT2D eigenvalue weighted by Crippen LogP contribution is 2.25. The third-order valence-electron chi connectivity index (χ3n) is 4.98. The van der Waals surface area contributed by atoms with Gasteiger partial charge in [-0.2, -0.15) is 4.31 Å². The van der Waals surface area contributed by atoms with Gasteiger partial charge in [-0.25, -0.2) is 8.42 Å². The van der Waals surface area contributed by atoms with Crippen LogP contribution in [0.3, 0.4) is 0 Å². The zero-order chi connectivity index (χ0) is 20.9. The summed E-state index contributed by atoms with van der Waals surface area (Å²) in [5.74, 6) is 0.383. The molecule has 1 fully saturated rings. The van der Waals surface area contributed by atoms with Gasteiger partial charge in [0.1, 0.15) is 5.75 Å². The van der Waals surface area contributed by atoms with E-state index in [1.165, 1.54) is 7.11 Å². The Labute approximate surface area is 176 Å². The van der Waals surface area contributed by atoms with Crippen molar-refractivity contribution >= 4 is 33.1 Å². The van der Waals surface area contributed by atoms with Crippen molar-refractivity contribution < 1.29 is 17.9 Å². The zero-order valence-corrected chi connectivity index (χ0v) is 17.9. The van der Waals surface area contributed by atoms with E-state index in [4.69, 9.17) is 16.3 Å². The number of carbonyl (C=O) groups is 1. The minimum atomic E-state index is -3.48. The molecule has 2 aromatic carbocycles. The second-order valence-electron chi connectivity index (χ2n) is 6.97. The summed E-state index contributed by atoms with van der Waals surface area (Å²) < 4.78 is 32.3. The maximum atomic E-state index is 12.8. The lowest BCUT2D eigenvalue weighted by atomic mass is 10.1. The second-order valence-corrected chi connectivity index (χ2v) is 9.31. The molecule has 29 heavy (non-hydrogen) atoms. The number of anilines is 1. The molecule has 0 amide bonds. The SMILES string of the molecule is COc1ccc(C(=O)CNc2ccc(S(=O)(=O)N3CCCCCC3)cc2)cc1Cl. The van der Waals surface area contributed by atoms with Gasteiger partial charge in [-0.15, -0.1) is 0 Å². The second kappa shape index (κ2) is 9.61. The summed E-state index contributed by atoms with van der Waals surface area (Å²) in [6.07, 6.45) is 3.94. The van der Waals surface area contributed by atoms with Gasteiger partial charge in [0.25, 0.3) is 0 Å². The molecule has 1 aliphatic rings. The number of sulfonamides is 1. The van der Waals surface area contributed by atoms with Gasteiger partial charge >= 0.3 is 0 Å². The minimum Gasteiger partial charge on any atom is -0.495 e. The highest BCUT2D eigenvalue weighted by atomic mass is 35.5. The van der Waals surface area contributed by atoms with E-state index >= 15 is 0 Å². The molecule has 0 aliphatic carbocycles. The normalized spacial score (nSPS) is 15.5. The quantitative estimate of drug-likeness (QED) is 0.658. The molecule has 8 heteroatoms. The van der Waals surface area contributed by atoms with E-state index in [1.54, 1.807) is 46.8 Å². The summed E-state index contributed by atoms with van der Waals surface area (Å²) in [5, 5.41) is 3.40. The van der Waals surface area contributed by atoms with Crippen molar-refractivity contribution in [3.63, 3.8) is 0 Å². The van der Waals surface area contributed by atoms with Crippen LogP contribution in [0.1, 0.15) is 36.0 Å². The van der Waals surface area contributed by atoms with E-state index < -0.39 is 10.0 Å². The Balaban J connectivity index is 1.63. The topological polar surface area (TPSA) is 75.7 Å². The Morgan fingerprint density at radius 2 is 1.72 bits per heavy atom. The van der Waals surface area contributed by atoms with Crippen LogP contribution in [0.5, 0.6) is 5.75 Å². The largest absolute Gasteiger partial charge is 0.495 e. The van der Waals surface area contributed by atoms with Crippen LogP contribution in [0.25, 0.3) is 0 Å². The molecule has 0 atom stereocenters. The summed E-state index contributed by atoms with van der Waals surface area (Å²) in [7, 11) is -1.96. The number of ketones is 1. The predicted octanol–water partition coefficient (Wildman–Crippen LogP) is 4.21. The van der Waals surface area contributed by atoms with Crippen LogP contribution in [-0.2, 0) is 10.0 Å². The molecule has 0 radical (unpaired) electrons. The van der Waals surface area contributed by atoms with E-state index in [1.807, 2.05) is 0 Å². The van der Waals surface area contributed by atoms with Crippen LogP contribution in [0, 0.1) is 0 Å². The molecular formula is C21H25ClN2O4S. The van der Waals surface area contributed by atoms with Crippen molar-refractivity contribution in [2.24, 2.45) is 0 Å². The summed E-state index contributed by atoms with van der Waals surface area (Å²) in [6, 6.07) is 11.4. The number of rotatable bonds is 7. The van der Waals surface area contributed by atoms with E-state index in [-0.39, 0.29) is 17.2 Å². The van der Waals surface area contributed by atoms with Gasteiger partial charge in [0, 0.05) is 24.3 Å². The van der Waals surface area contributed by atoms with Gasteiger partial charge in [0.05, 0.1) is 23.6 Å². The van der Waals surface area contributed by atoms with Crippen molar-refractivity contribution in [3.05, 3.63) is 53.1 Å². The number of nitrogens with one attached hydrogen (secondary N) is 1. The summed E-state index contributed by atoms with van der Waals surface area (Å²) >= 11 is 6.07. The molecule has 0 saturated carbocycles. The molecule has 0 spiro atoms. The lowest BCUT2D eigenvalue weighted by Crippen LogP contribution is -2.31. The van der Waals surface area contributed by atoms with E-state index in [0.29, 0.717) is 35.1 Å². The van der Waals surface area contributed by atoms with Gasteiger partial charge in [-0.3, -0.25) is 4.79 Å². The van der Waals surface area contributed by atoms with Crippen LogP contribution in [0.2, 0.25) is 5.02 Å². The molecule has 3 rings (SSSR count). The molecule has 2 aromatic rings. The highest BCUT2D eigenvalue weighted by Gasteiger charge is 2.24. The predicted molar refractivity (Wildman–Crippen MR) is 114 cm³/mol. The van der Waals surface area contributed by atoms with E-state index in [2.05, 4.69) is 5.32 Å². The first kappa shape index (κ1) is 21.6. The number of nitrogens with zero attached hydrogens (tertiary/aromatic N) is 1. The number of Topliss-reactive ketones (excluding diaryl/α,β-unsaturated/α-hetero) is 1. The van der Waals surface area contributed by atoms with Crippen LogP contribution >= 0.6 is 11.6 Å². The third kappa shape index (κ3) is 5.29. The molecule has 1 N–H and O–H groups in total. The molecule has 0 bridgehead atoms. The molecule has 0 unspecified atom stereocenters. The van der Waals surface area contributed by atoms with Gasteiger partial charge < -0.3 is 10.1 Å². The van der Waals surface area contributed by atoms with Gasteiger partial charge in [0.15, 0.2) is 5.78 Å². The monoisotopic (exact) mass is 436 g/mol. The number of halogens is 1. The molecule has 156 valence electrons. The van der Waals surface area contributed by atoms with E-state index in [9.17, 15) is 13.2 Å². The number of carbonyl (C=O) groups excluding carboxylic acids is 1. The average molecular weight is 437 g/mol. The van der Waals surface area contributed by atoms with Gasteiger partial charge in [-0.05, 0) is 55.3 Å². The van der Waals surface area contributed by atoms with E-state index in [0.717, 1.165) is 25.7 Å². The number of benzene rings is 2. The van der Waals surface area contributed by atoms with Crippen molar-refractivity contribution in [2.45, 2.75) is 30.6 Å². The van der Waals surface area contributed by atoms with Gasteiger partial charge in [-0.1, -0.05) is 24.4 Å². The lowest BCUT2D eigenvalue weighted by Gasteiger charge is -2.20. The van der Waals surface area contributed by atoms with Crippen LogP contribution in [0.15, 0.2) is 47.4 Å². The molecular weight excluding hydrogens is 412 g/mol. The molecule has 6 nitrogen and oxygen atoms in total. The molecule has 0 aromatic heterocycles. The lowest BCUT2D eigenvalue weighted by molar-refractivity contribution is 0.101. The Morgan fingerprint density at radius 3 is 2.31 bits per heavy atom. The fourth-order valence-electron chi connectivity index (χ4n) is 3.30. The molecule has 1 heterocycles. The standard InChI is InChI=1S/C21H25ClN2O4S/c1-28-21-11-6-16(14-19(21)22)20(25)15-23-17-7-9-18(10-8-17)29(26,27)24-12-4-2-3-5-13-24/h6-11,14,23H,2-5,12-13,15H2,1H3. The maximum Gasteiger partial charge on any atom is 0.243 e. The van der Waals surface area contributed by atoms with Gasteiger partial charge in [0.2, 0.25) is 10.0 Å². The smallest absolute Gasteiger partial charge is 0.243 e. The Hall–Kier alpha value is -2.09. The third-order valence-corrected chi connectivity index (χ3v) is 7.19. The summed E-state index contributed by atoms with van der Waals surface area (Å²) in [4.78, 5) is 12.6.